The molecule has 3 N–H and O–H groups in total. The van der Waals surface area contributed by atoms with Crippen LogP contribution in [0.5, 0.6) is 11.8 Å². The topological polar surface area (TPSA) is 131 Å². The number of nitrogens with one attached hydrogen (secondary N) is 3. The molecule has 0 aliphatic heterocycles. The first-order chi connectivity index (χ1) is 25.0. The molecule has 1 aliphatic rings. The van der Waals surface area contributed by atoms with Crippen LogP contribution < -0.4 is 24.5 Å². The molecule has 1 unspecified atom stereocenters. The summed E-state index contributed by atoms with van der Waals surface area (Å²) in [7, 11) is 0.0555. The van der Waals surface area contributed by atoms with E-state index in [9.17, 15) is 8.60 Å². The molecule has 254 valence electrons. The van der Waals surface area contributed by atoms with Gasteiger partial charge in [0.25, 0.3) is 11.0 Å². The smallest absolute Gasteiger partial charge is 0.378 e. The van der Waals surface area contributed by atoms with E-state index >= 15 is 0 Å². The predicted octanol–water partition coefficient (Wildman–Crippen LogP) is 6.80. The van der Waals surface area contributed by atoms with Crippen molar-refractivity contribution in [3.8, 4) is 11.8 Å². The molecule has 0 saturated heterocycles. The highest BCUT2D eigenvalue weighted by molar-refractivity contribution is 7.99. The average Bonchev–Trinajstić information content (AvgIpc) is 3.52. The van der Waals surface area contributed by atoms with Gasteiger partial charge < -0.3 is 10.1 Å². The fraction of sp³-hybridized carbons (Fsp3) is 0.0541. The number of benzene rings is 4. The van der Waals surface area contributed by atoms with Gasteiger partial charge in [0, 0.05) is 33.1 Å². The summed E-state index contributed by atoms with van der Waals surface area (Å²) in [5.41, 5.74) is 4.69. The second kappa shape index (κ2) is 15.7. The number of allylic oxidation sites excluding steroid dienone is 8. The molecule has 1 aliphatic carbocycles. The molecule has 0 saturated carbocycles. The van der Waals surface area contributed by atoms with Crippen LogP contribution in [0, 0.1) is 5.82 Å². The highest BCUT2D eigenvalue weighted by atomic mass is 32.2. The molecule has 51 heavy (non-hydrogen) atoms. The summed E-state index contributed by atoms with van der Waals surface area (Å²) in [5.74, 6) is 0.439. The van der Waals surface area contributed by atoms with Crippen molar-refractivity contribution < 1.29 is 23.0 Å². The van der Waals surface area contributed by atoms with E-state index in [1.54, 1.807) is 37.4 Å². The van der Waals surface area contributed by atoms with E-state index in [0.717, 1.165) is 21.6 Å². The quantitative estimate of drug-likeness (QED) is 0.117. The highest BCUT2D eigenvalue weighted by Gasteiger charge is 2.20. The molecule has 11 nitrogen and oxygen atoms in total. The number of rotatable bonds is 12. The maximum Gasteiger partial charge on any atom is 0.378 e. The minimum Gasteiger partial charge on any atom is -0.497 e. The standard InChI is InChI=1S/C37H29FN8O3S2/c1-48-30-16-18-31(19-17-30)50-37-42-35(40-29-11-7-10-28(38)22-29)41-36(43-37)49-46-34-23-32(20-21-33(34)44-45-46)51(47)39-24-25-12-14-27(15-13-25)26-8-5-3-2-4-6-9-26/h2-23,39H,24H2,1H3,(H,40,41,42,43)/p+1. The van der Waals surface area contributed by atoms with E-state index < -0.39 is 16.8 Å². The monoisotopic (exact) mass is 717 g/mol. The first-order valence-corrected chi connectivity index (χ1v) is 17.6. The first kappa shape index (κ1) is 33.5. The fourth-order valence-electron chi connectivity index (χ4n) is 4.91. The van der Waals surface area contributed by atoms with Crippen LogP contribution in [0.15, 0.2) is 148 Å². The van der Waals surface area contributed by atoms with Gasteiger partial charge >= 0.3 is 6.01 Å². The minimum absolute atomic E-state index is 0.0679. The van der Waals surface area contributed by atoms with Gasteiger partial charge in [-0.15, -0.1) is 0 Å². The van der Waals surface area contributed by atoms with E-state index in [0.29, 0.717) is 39.1 Å². The number of hydrogen-bond donors (Lipinski definition) is 3. The zero-order valence-corrected chi connectivity index (χ0v) is 28.7. The van der Waals surface area contributed by atoms with E-state index in [-0.39, 0.29) is 12.0 Å². The Bertz CT molecular complexity index is 2320. The Morgan fingerprint density at radius 1 is 0.902 bits per heavy atom. The first-order valence-electron chi connectivity index (χ1n) is 15.6. The van der Waals surface area contributed by atoms with Crippen molar-refractivity contribution >= 4 is 51.0 Å². The van der Waals surface area contributed by atoms with Crippen molar-refractivity contribution in [2.24, 2.45) is 0 Å². The van der Waals surface area contributed by atoms with Gasteiger partial charge in [0.1, 0.15) is 22.6 Å². The Kier molecular flexibility index (Phi) is 10.3. The minimum atomic E-state index is -1.54. The molecule has 0 fully saturated rings. The second-order valence-electron chi connectivity index (χ2n) is 10.9. The molecule has 0 spiro atoms. The molecule has 2 aromatic heterocycles. The van der Waals surface area contributed by atoms with Gasteiger partial charge in [-0.2, -0.15) is 15.0 Å². The number of anilines is 2. The lowest BCUT2D eigenvalue weighted by Gasteiger charge is -2.08. The largest absolute Gasteiger partial charge is 0.497 e. The van der Waals surface area contributed by atoms with E-state index in [1.807, 2.05) is 78.9 Å². The Hall–Kier alpha value is -5.96. The summed E-state index contributed by atoms with van der Waals surface area (Å²) in [4.78, 5) is 22.1. The summed E-state index contributed by atoms with van der Waals surface area (Å²) in [5, 5.41) is 10.4. The fourth-order valence-corrected chi connectivity index (χ4v) is 6.52. The normalized spacial score (nSPS) is 13.0. The van der Waals surface area contributed by atoms with Crippen molar-refractivity contribution in [2.45, 2.75) is 21.5 Å². The zero-order valence-electron chi connectivity index (χ0n) is 27.1. The van der Waals surface area contributed by atoms with Gasteiger partial charge in [-0.3, -0.25) is 0 Å². The molecule has 14 heteroatoms. The molecule has 4 aromatic carbocycles. The molecular formula is C37H30FN8O3S2+. The molecule has 0 bridgehead atoms. The van der Waals surface area contributed by atoms with Crippen LogP contribution in [0.2, 0.25) is 0 Å². The highest BCUT2D eigenvalue weighted by Crippen LogP contribution is 2.29. The van der Waals surface area contributed by atoms with Crippen molar-refractivity contribution in [3.63, 3.8) is 0 Å². The van der Waals surface area contributed by atoms with Gasteiger partial charge in [-0.1, -0.05) is 72.9 Å². The molecule has 6 aromatic rings. The van der Waals surface area contributed by atoms with E-state index in [2.05, 4.69) is 47.5 Å². The Morgan fingerprint density at radius 2 is 1.73 bits per heavy atom. The SMILES string of the molecule is COc1ccc(Sc2nc(Nc3cccc(F)c3)nc(O[n+]3[nH]nc4ccc(S(=O)NCc5ccc(C6=CC=CC=CC=C6)cc5)cc43)n2)cc1. The van der Waals surface area contributed by atoms with Crippen LogP contribution in [-0.2, 0) is 17.5 Å². The third-order valence-electron chi connectivity index (χ3n) is 7.45. The van der Waals surface area contributed by atoms with Crippen molar-refractivity contribution in [2.75, 3.05) is 12.4 Å². The summed E-state index contributed by atoms with van der Waals surface area (Å²) in [6.45, 7) is 0.394. The number of halogens is 1. The average molecular weight is 718 g/mol. The Balaban J connectivity index is 1.08. The van der Waals surface area contributed by atoms with Crippen LogP contribution in [0.25, 0.3) is 16.6 Å². The molecule has 7 rings (SSSR count). The number of nitrogens with zero attached hydrogens (tertiary/aromatic N) is 5. The van der Waals surface area contributed by atoms with Crippen LogP contribution in [0.1, 0.15) is 11.1 Å². The van der Waals surface area contributed by atoms with Crippen LogP contribution in [0.3, 0.4) is 0 Å². The lowest BCUT2D eigenvalue weighted by atomic mass is 10.0. The van der Waals surface area contributed by atoms with Crippen molar-refractivity contribution in [1.82, 2.24) is 30.0 Å². The summed E-state index contributed by atoms with van der Waals surface area (Å²) in [6.07, 6.45) is 14.1. The summed E-state index contributed by atoms with van der Waals surface area (Å²) < 4.78 is 35.6. The molecule has 1 atom stereocenters. The number of methoxy groups -OCH3 is 1. The Labute approximate surface area is 299 Å². The molecular weight excluding hydrogens is 688 g/mol. The van der Waals surface area contributed by atoms with Crippen LogP contribution in [0.4, 0.5) is 16.0 Å². The predicted molar refractivity (Wildman–Crippen MR) is 194 cm³/mol. The van der Waals surface area contributed by atoms with E-state index in [1.165, 1.54) is 28.7 Å². The van der Waals surface area contributed by atoms with Crippen molar-refractivity contribution in [1.29, 1.82) is 0 Å². The number of H-pyrrole nitrogens is 1. The number of aromatic amines is 1. The Morgan fingerprint density at radius 3 is 2.55 bits per heavy atom. The molecule has 0 radical (unpaired) electrons. The van der Waals surface area contributed by atoms with Gasteiger partial charge in [-0.05, 0) is 88.3 Å². The van der Waals surface area contributed by atoms with Gasteiger partial charge in [-0.25, -0.2) is 18.2 Å². The third kappa shape index (κ3) is 8.62. The number of fused-ring (bicyclic) bond motifs is 1. The van der Waals surface area contributed by atoms with Gasteiger partial charge in [0.15, 0.2) is 0 Å². The second-order valence-corrected chi connectivity index (χ2v) is 13.3. The summed E-state index contributed by atoms with van der Waals surface area (Å²) >= 11 is 1.28. The van der Waals surface area contributed by atoms with E-state index in [4.69, 9.17) is 9.57 Å². The van der Waals surface area contributed by atoms with Crippen LogP contribution in [-0.4, -0.2) is 36.6 Å². The van der Waals surface area contributed by atoms with Gasteiger partial charge in [0.2, 0.25) is 11.1 Å². The number of aromatic nitrogens is 6. The lowest BCUT2D eigenvalue weighted by molar-refractivity contribution is -0.902. The lowest BCUT2D eigenvalue weighted by Crippen LogP contribution is -2.42. The zero-order chi connectivity index (χ0) is 35.0. The van der Waals surface area contributed by atoms with Crippen molar-refractivity contribution in [3.05, 3.63) is 150 Å². The van der Waals surface area contributed by atoms with Crippen LogP contribution >= 0.6 is 11.8 Å². The maximum absolute atomic E-state index is 13.9. The van der Waals surface area contributed by atoms with Gasteiger partial charge in [0.05, 0.1) is 12.0 Å². The summed E-state index contributed by atoms with van der Waals surface area (Å²) in [6, 6.07) is 26.6. The molecule has 2 heterocycles. The maximum atomic E-state index is 13.9. The number of hydrogen-bond acceptors (Lipinski definition) is 9. The molecule has 0 amide bonds. The number of ether oxygens (including phenoxy) is 1. The third-order valence-corrected chi connectivity index (χ3v) is 9.41.